The van der Waals surface area contributed by atoms with Crippen molar-refractivity contribution < 1.29 is 19.4 Å². The molecule has 14 nitrogen and oxygen atoms in total. The van der Waals surface area contributed by atoms with Gasteiger partial charge in [0, 0.05) is 24.3 Å². The quantitative estimate of drug-likeness (QED) is 0.0550. The van der Waals surface area contributed by atoms with Crippen LogP contribution in [-0.4, -0.2) is 53.1 Å². The zero-order valence-electron chi connectivity index (χ0n) is 24.9. The molecule has 4 N–H and O–H groups in total. The van der Waals surface area contributed by atoms with E-state index in [1.165, 1.54) is 24.3 Å². The van der Waals surface area contributed by atoms with Crippen LogP contribution in [0.4, 0.5) is 22.7 Å². The second-order valence-electron chi connectivity index (χ2n) is 10.5. The molecule has 0 unspecified atom stereocenters. The summed E-state index contributed by atoms with van der Waals surface area (Å²) in [4.78, 5) is 60.9. The predicted octanol–water partition coefficient (Wildman–Crippen LogP) is 7.61. The van der Waals surface area contributed by atoms with Gasteiger partial charge in [-0.1, -0.05) is 58.9 Å². The molecule has 0 atom stereocenters. The lowest BCUT2D eigenvalue weighted by Gasteiger charge is -2.11. The van der Waals surface area contributed by atoms with E-state index in [1.807, 2.05) is 12.1 Å². The molecule has 6 rings (SSSR count). The van der Waals surface area contributed by atoms with Gasteiger partial charge in [0.15, 0.2) is 10.3 Å². The number of non-ortho nitro benzene ring substituents is 2. The first-order valence-electron chi connectivity index (χ1n) is 14.2. The monoisotopic (exact) mass is 736 g/mol. The number of H-pyrrole nitrogens is 2. The maximum Gasteiger partial charge on any atom is 0.271 e. The molecule has 2 amide bonds. The summed E-state index contributed by atoms with van der Waals surface area (Å²) in [6.45, 7) is 0. The average Bonchev–Trinajstić information content (AvgIpc) is 3.68. The van der Waals surface area contributed by atoms with Crippen LogP contribution in [0, 0.1) is 20.2 Å². The van der Waals surface area contributed by atoms with Gasteiger partial charge in [-0.25, -0.2) is 9.97 Å². The lowest BCUT2D eigenvalue weighted by atomic mass is 10.0. The molecule has 0 aliphatic heterocycles. The molecule has 2 heterocycles. The normalized spacial score (nSPS) is 11.1. The third-order valence-corrected chi connectivity index (χ3v) is 9.38. The standard InChI is InChI=1S/C31H22Cl2N8O6S2/c32-20-10-16(1-5-22(20)34-28(42)14-48-30-36-24-7-3-18(40(44)45)12-26(24)38-30)9-17-2-6-23(21(33)11-17)35-29(43)15-49-31-37-25-8-4-19(41(46)47)13-27(25)39-31/h1-8,10-13H,9,14-15H2,(H,34,42)(H,35,43)(H,36,38)(H,37,39). The molecule has 0 fully saturated rings. The van der Waals surface area contributed by atoms with Crippen LogP contribution in [-0.2, 0) is 16.0 Å². The second kappa shape index (κ2) is 14.5. The molecule has 0 spiro atoms. The minimum Gasteiger partial charge on any atom is -0.333 e. The molecule has 0 aliphatic rings. The number of hydrogen-bond acceptors (Lipinski definition) is 10. The Kier molecular flexibility index (Phi) is 10.0. The molecule has 4 aromatic carbocycles. The van der Waals surface area contributed by atoms with E-state index in [1.54, 1.807) is 36.4 Å². The van der Waals surface area contributed by atoms with Crippen LogP contribution in [0.2, 0.25) is 10.0 Å². The highest BCUT2D eigenvalue weighted by Crippen LogP contribution is 2.29. The van der Waals surface area contributed by atoms with Gasteiger partial charge in [-0.05, 0) is 53.9 Å². The van der Waals surface area contributed by atoms with Crippen molar-refractivity contribution in [3.63, 3.8) is 0 Å². The lowest BCUT2D eigenvalue weighted by Crippen LogP contribution is -2.14. The van der Waals surface area contributed by atoms with Crippen molar-refractivity contribution in [2.24, 2.45) is 0 Å². The van der Waals surface area contributed by atoms with Crippen molar-refractivity contribution in [3.8, 4) is 0 Å². The van der Waals surface area contributed by atoms with E-state index in [0.717, 1.165) is 34.7 Å². The number of nitrogens with zero attached hydrogens (tertiary/aromatic N) is 4. The van der Waals surface area contributed by atoms with Crippen LogP contribution in [0.5, 0.6) is 0 Å². The number of rotatable bonds is 12. The Bertz CT molecular complexity index is 2120. The van der Waals surface area contributed by atoms with Crippen LogP contribution in [0.3, 0.4) is 0 Å². The van der Waals surface area contributed by atoms with Gasteiger partial charge >= 0.3 is 0 Å². The molecule has 18 heteroatoms. The molecule has 6 aromatic rings. The van der Waals surface area contributed by atoms with E-state index in [0.29, 0.717) is 60.2 Å². The Morgan fingerprint density at radius 2 is 1.10 bits per heavy atom. The van der Waals surface area contributed by atoms with Crippen LogP contribution in [0.25, 0.3) is 22.1 Å². The van der Waals surface area contributed by atoms with Gasteiger partial charge < -0.3 is 20.6 Å². The van der Waals surface area contributed by atoms with Gasteiger partial charge in [0.05, 0.1) is 64.8 Å². The zero-order chi connectivity index (χ0) is 34.7. The third kappa shape index (κ3) is 8.29. The first kappa shape index (κ1) is 33.7. The Balaban J connectivity index is 0.993. The van der Waals surface area contributed by atoms with Crippen LogP contribution >= 0.6 is 46.7 Å². The van der Waals surface area contributed by atoms with Crippen molar-refractivity contribution >= 4 is 103 Å². The Morgan fingerprint density at radius 1 is 0.673 bits per heavy atom. The summed E-state index contributed by atoms with van der Waals surface area (Å²) in [5, 5.41) is 29.2. The molecule has 0 aliphatic carbocycles. The van der Waals surface area contributed by atoms with Gasteiger partial charge in [0.25, 0.3) is 11.4 Å². The zero-order valence-corrected chi connectivity index (χ0v) is 28.0. The fraction of sp³-hybridized carbons (Fsp3) is 0.0968. The first-order chi connectivity index (χ1) is 23.5. The van der Waals surface area contributed by atoms with Crippen LogP contribution in [0.1, 0.15) is 11.1 Å². The number of hydrogen-bond donors (Lipinski definition) is 4. The van der Waals surface area contributed by atoms with Crippen LogP contribution < -0.4 is 10.6 Å². The van der Waals surface area contributed by atoms with Gasteiger partial charge in [-0.3, -0.25) is 29.8 Å². The van der Waals surface area contributed by atoms with E-state index in [-0.39, 0.29) is 34.7 Å². The summed E-state index contributed by atoms with van der Waals surface area (Å²) in [5.41, 5.74) is 4.63. The molecule has 2 aromatic heterocycles. The predicted molar refractivity (Wildman–Crippen MR) is 190 cm³/mol. The van der Waals surface area contributed by atoms with Crippen molar-refractivity contribution in [1.82, 2.24) is 19.9 Å². The molecule has 49 heavy (non-hydrogen) atoms. The summed E-state index contributed by atoms with van der Waals surface area (Å²) >= 11 is 15.3. The van der Waals surface area contributed by atoms with Gasteiger partial charge in [0.2, 0.25) is 11.8 Å². The number of carbonyl (C=O) groups excluding carboxylic acids is 2. The minimum absolute atomic E-state index is 0.0345. The van der Waals surface area contributed by atoms with Crippen molar-refractivity contribution in [3.05, 3.63) is 114 Å². The first-order valence-corrected chi connectivity index (χ1v) is 16.9. The summed E-state index contributed by atoms with van der Waals surface area (Å²) in [6.07, 6.45) is 0.488. The summed E-state index contributed by atoms with van der Waals surface area (Å²) in [6, 6.07) is 19.2. The maximum absolute atomic E-state index is 12.6. The van der Waals surface area contributed by atoms with E-state index in [9.17, 15) is 29.8 Å². The molecule has 248 valence electrons. The topological polar surface area (TPSA) is 202 Å². The largest absolute Gasteiger partial charge is 0.333 e. The minimum atomic E-state index is -0.488. The fourth-order valence-electron chi connectivity index (χ4n) is 4.73. The SMILES string of the molecule is O=C(CSc1nc2ccc([N+](=O)[O-])cc2[nH]1)Nc1ccc(Cc2ccc(NC(=O)CSc3nc4ccc([N+](=O)[O-])cc4[nH]3)c(Cl)c2)cc1Cl. The van der Waals surface area contributed by atoms with Crippen molar-refractivity contribution in [2.75, 3.05) is 22.1 Å². The number of nitro groups is 2. The molecule has 0 radical (unpaired) electrons. The number of anilines is 2. The van der Waals surface area contributed by atoms with E-state index in [2.05, 4.69) is 30.6 Å². The fourth-order valence-corrected chi connectivity index (χ4v) is 6.60. The molecule has 0 saturated carbocycles. The van der Waals surface area contributed by atoms with Crippen molar-refractivity contribution in [1.29, 1.82) is 0 Å². The molecular formula is C31H22Cl2N8O6S2. The van der Waals surface area contributed by atoms with Gasteiger partial charge in [0.1, 0.15) is 0 Å². The summed E-state index contributed by atoms with van der Waals surface area (Å²) < 4.78 is 0. The van der Waals surface area contributed by atoms with Gasteiger partial charge in [-0.15, -0.1) is 0 Å². The highest BCUT2D eigenvalue weighted by atomic mass is 35.5. The number of halogens is 2. The number of fused-ring (bicyclic) bond motifs is 2. The smallest absolute Gasteiger partial charge is 0.271 e. The summed E-state index contributed by atoms with van der Waals surface area (Å²) in [5.74, 6) is -0.546. The number of amides is 2. The second-order valence-corrected chi connectivity index (χ2v) is 13.2. The highest BCUT2D eigenvalue weighted by molar-refractivity contribution is 8.00. The lowest BCUT2D eigenvalue weighted by molar-refractivity contribution is -0.384. The number of imidazole rings is 2. The number of aromatic amines is 2. The number of thioether (sulfide) groups is 2. The maximum atomic E-state index is 12.6. The third-order valence-electron chi connectivity index (χ3n) is 7.01. The Labute approximate surface area is 294 Å². The highest BCUT2D eigenvalue weighted by Gasteiger charge is 2.15. The Hall–Kier alpha value is -5.16. The van der Waals surface area contributed by atoms with Crippen LogP contribution in [0.15, 0.2) is 83.1 Å². The van der Waals surface area contributed by atoms with Crippen molar-refractivity contribution in [2.45, 2.75) is 16.7 Å². The number of benzene rings is 4. The van der Waals surface area contributed by atoms with Gasteiger partial charge in [-0.2, -0.15) is 0 Å². The number of nitro benzene ring substituents is 2. The van der Waals surface area contributed by atoms with E-state index in [4.69, 9.17) is 23.2 Å². The van der Waals surface area contributed by atoms with E-state index >= 15 is 0 Å². The molecule has 0 saturated heterocycles. The summed E-state index contributed by atoms with van der Waals surface area (Å²) in [7, 11) is 0. The molecule has 0 bridgehead atoms. The Morgan fingerprint density at radius 3 is 1.49 bits per heavy atom. The number of aromatic nitrogens is 4. The number of carbonyl (C=O) groups is 2. The molecular weight excluding hydrogens is 715 g/mol. The average molecular weight is 738 g/mol. The van der Waals surface area contributed by atoms with E-state index < -0.39 is 9.85 Å². The number of nitrogens with one attached hydrogen (secondary N) is 4.